The molecular formula is C60H87N7. The smallest absolute Gasteiger partial charge is 0.0486 e. The highest BCUT2D eigenvalue weighted by Crippen LogP contribution is 2.20. The van der Waals surface area contributed by atoms with Gasteiger partial charge in [-0.2, -0.15) is 0 Å². The van der Waals surface area contributed by atoms with Crippen LogP contribution in [0.3, 0.4) is 0 Å². The topological polar surface area (TPSA) is 90.2 Å². The van der Waals surface area contributed by atoms with Crippen molar-refractivity contribution in [3.05, 3.63) is 235 Å². The van der Waals surface area contributed by atoms with Crippen molar-refractivity contribution < 1.29 is 0 Å². The molecule has 0 aliphatic carbocycles. The molecule has 0 radical (unpaired) electrons. The third-order valence-corrected chi connectivity index (χ3v) is 6.86. The molecule has 0 aliphatic heterocycles. The number of aromatic nitrogens is 7. The molecule has 7 heterocycles. The normalized spacial score (nSPS) is 7.81. The van der Waals surface area contributed by atoms with Crippen LogP contribution in [0.2, 0.25) is 0 Å². The highest BCUT2D eigenvalue weighted by molar-refractivity contribution is 5.65. The third-order valence-electron chi connectivity index (χ3n) is 6.86. The molecule has 0 bridgehead atoms. The van der Waals surface area contributed by atoms with Gasteiger partial charge in [-0.15, -0.1) is 0 Å². The van der Waals surface area contributed by atoms with E-state index < -0.39 is 0 Å². The van der Waals surface area contributed by atoms with Crippen molar-refractivity contribution in [2.75, 3.05) is 0 Å². The van der Waals surface area contributed by atoms with Crippen LogP contribution in [-0.4, -0.2) is 34.9 Å². The van der Waals surface area contributed by atoms with Crippen molar-refractivity contribution in [2.45, 2.75) is 132 Å². The largest absolute Gasteiger partial charge is 0.262 e. The molecule has 0 fully saturated rings. The van der Waals surface area contributed by atoms with Crippen LogP contribution in [0.1, 0.15) is 123 Å². The first-order valence-electron chi connectivity index (χ1n) is 23.8. The lowest BCUT2D eigenvalue weighted by atomic mass is 10.1. The average Bonchev–Trinajstić information content (AvgIpc) is 3.41. The Morgan fingerprint density at radius 2 is 0.582 bits per heavy atom. The molecule has 67 heavy (non-hydrogen) atoms. The van der Waals surface area contributed by atoms with Crippen molar-refractivity contribution >= 4 is 0 Å². The van der Waals surface area contributed by atoms with E-state index >= 15 is 0 Å². The quantitative estimate of drug-likeness (QED) is 0.162. The fraction of sp³-hybridized carbons (Fsp3) is 0.317. The van der Waals surface area contributed by atoms with Gasteiger partial charge in [0.1, 0.15) is 0 Å². The summed E-state index contributed by atoms with van der Waals surface area (Å²) in [6.07, 6.45) is 13.3. The summed E-state index contributed by atoms with van der Waals surface area (Å²) in [6, 6.07) is 50.0. The molecule has 7 heteroatoms. The molecule has 0 spiro atoms. The van der Waals surface area contributed by atoms with Crippen molar-refractivity contribution in [1.29, 1.82) is 0 Å². The molecule has 0 aliphatic rings. The van der Waals surface area contributed by atoms with Crippen LogP contribution in [0.25, 0.3) is 11.1 Å². The molecular weight excluding hydrogens is 819 g/mol. The zero-order valence-electron chi connectivity index (χ0n) is 45.0. The van der Waals surface area contributed by atoms with Gasteiger partial charge in [0.25, 0.3) is 0 Å². The Labute approximate surface area is 410 Å². The van der Waals surface area contributed by atoms with E-state index in [4.69, 9.17) is 0 Å². The molecule has 0 unspecified atom stereocenters. The molecule has 8 rings (SSSR count). The second-order valence-electron chi connectivity index (χ2n) is 11.7. The summed E-state index contributed by atoms with van der Waals surface area (Å²) in [5, 5.41) is 0. The molecule has 7 nitrogen and oxygen atoms in total. The summed E-state index contributed by atoms with van der Waals surface area (Å²) < 4.78 is 0. The second-order valence-corrected chi connectivity index (χ2v) is 11.7. The number of benzene rings is 1. The Balaban J connectivity index is -0.000000217. The first kappa shape index (κ1) is 69.1. The predicted molar refractivity (Wildman–Crippen MR) is 294 cm³/mol. The van der Waals surface area contributed by atoms with Crippen molar-refractivity contribution in [3.63, 3.8) is 0 Å². The first-order chi connectivity index (χ1) is 32.7. The summed E-state index contributed by atoms with van der Waals surface area (Å²) in [7, 11) is 0. The minimum Gasteiger partial charge on any atom is -0.262 e. The van der Waals surface area contributed by atoms with Crippen LogP contribution in [-0.2, 0) is 0 Å². The summed E-state index contributed by atoms with van der Waals surface area (Å²) in [6.45, 7) is 37.8. The molecule has 1 aromatic carbocycles. The van der Waals surface area contributed by atoms with Crippen LogP contribution >= 0.6 is 0 Å². The highest BCUT2D eigenvalue weighted by atomic mass is 14.7. The summed E-state index contributed by atoms with van der Waals surface area (Å²) >= 11 is 0. The second kappa shape index (κ2) is 57.1. The molecule has 8 aromatic rings. The van der Waals surface area contributed by atoms with E-state index in [1.807, 2.05) is 259 Å². The number of nitrogens with zero attached hydrogens (tertiary/aromatic N) is 7. The van der Waals surface area contributed by atoms with Gasteiger partial charge in [-0.25, -0.2) is 4.98 Å². The van der Waals surface area contributed by atoms with E-state index in [0.29, 0.717) is 0 Å². The molecule has 0 saturated carbocycles. The van der Waals surface area contributed by atoms with Crippen molar-refractivity contribution in [3.8, 4) is 11.1 Å². The lowest BCUT2D eigenvalue weighted by Gasteiger charge is -2.03. The first-order valence-corrected chi connectivity index (χ1v) is 23.8. The standard InChI is InChI=1S/C12H11N.5C6H7N.C6H5N.6C2H6/c1-10-12(8-5-9-13-10)11-6-3-2-4-7-11;6*1-6-4-2-3-5-7-6;6*1-2/h2-9H,1H3;5*2-5H,1H3;2,4H,1H3;6*1-2H3. The SMILES string of the molecule is CC.CC.CC.CC.CC.CC.Cc1ccc#cn1.Cc1ccccn1.Cc1ccccn1.Cc1ccccn1.Cc1ccccn1.Cc1ccccn1.Cc1ncccc1-c1ccccc1. The molecule has 0 atom stereocenters. The van der Waals surface area contributed by atoms with Gasteiger partial charge in [-0.05, 0) is 139 Å². The lowest BCUT2D eigenvalue weighted by Crippen LogP contribution is -1.85. The van der Waals surface area contributed by atoms with Gasteiger partial charge in [0.2, 0.25) is 0 Å². The van der Waals surface area contributed by atoms with Gasteiger partial charge in [0, 0.05) is 88.8 Å². The van der Waals surface area contributed by atoms with Gasteiger partial charge in [0.15, 0.2) is 0 Å². The van der Waals surface area contributed by atoms with E-state index in [1.165, 1.54) is 11.1 Å². The fourth-order valence-electron chi connectivity index (χ4n) is 4.01. The van der Waals surface area contributed by atoms with E-state index in [0.717, 1.165) is 39.9 Å². The van der Waals surface area contributed by atoms with Crippen LogP contribution in [0.5, 0.6) is 0 Å². The Morgan fingerprint density at radius 3 is 0.776 bits per heavy atom. The van der Waals surface area contributed by atoms with Crippen LogP contribution in [0.4, 0.5) is 0 Å². The Hall–Kier alpha value is -6.91. The lowest BCUT2D eigenvalue weighted by molar-refractivity contribution is 1.20. The Bertz CT molecular complexity index is 1750. The monoisotopic (exact) mass is 906 g/mol. The van der Waals surface area contributed by atoms with Gasteiger partial charge < -0.3 is 0 Å². The minimum absolute atomic E-state index is 0.985. The van der Waals surface area contributed by atoms with E-state index in [-0.39, 0.29) is 0 Å². The van der Waals surface area contributed by atoms with Crippen LogP contribution in [0, 0.1) is 60.7 Å². The molecule has 362 valence electrons. The van der Waals surface area contributed by atoms with Gasteiger partial charge in [-0.1, -0.05) is 150 Å². The number of hydrogen-bond acceptors (Lipinski definition) is 7. The van der Waals surface area contributed by atoms with E-state index in [2.05, 4.69) is 65.4 Å². The summed E-state index contributed by atoms with van der Waals surface area (Å²) in [4.78, 5) is 27.9. The maximum atomic E-state index is 4.26. The number of hydrogen-bond donors (Lipinski definition) is 0. The highest BCUT2D eigenvalue weighted by Gasteiger charge is 1.99. The van der Waals surface area contributed by atoms with Crippen LogP contribution < -0.4 is 0 Å². The molecule has 0 saturated heterocycles. The zero-order chi connectivity index (χ0) is 51.8. The van der Waals surface area contributed by atoms with Gasteiger partial charge in [0.05, 0.1) is 0 Å². The van der Waals surface area contributed by atoms with Crippen molar-refractivity contribution in [1.82, 2.24) is 34.9 Å². The predicted octanol–water partition coefficient (Wildman–Crippen LogP) is 17.2. The average molecular weight is 906 g/mol. The summed E-state index contributed by atoms with van der Waals surface area (Å²) in [5.41, 5.74) is 9.86. The Kier molecular flexibility index (Phi) is 58.9. The third kappa shape index (κ3) is 46.9. The van der Waals surface area contributed by atoms with Crippen LogP contribution in [0.15, 0.2) is 183 Å². The number of rotatable bonds is 1. The maximum absolute atomic E-state index is 4.26. The van der Waals surface area contributed by atoms with E-state index in [1.54, 1.807) is 37.1 Å². The fourth-order valence-corrected chi connectivity index (χ4v) is 4.01. The van der Waals surface area contributed by atoms with Gasteiger partial charge >= 0.3 is 0 Å². The minimum atomic E-state index is 0.985. The summed E-state index contributed by atoms with van der Waals surface area (Å²) in [5.74, 6) is 0. The Morgan fingerprint density at radius 1 is 0.284 bits per heavy atom. The molecule has 7 aromatic heterocycles. The van der Waals surface area contributed by atoms with E-state index in [9.17, 15) is 0 Å². The molecule has 0 N–H and O–H groups in total. The number of pyridine rings is 6. The maximum Gasteiger partial charge on any atom is 0.0486 e. The molecule has 0 amide bonds. The van der Waals surface area contributed by atoms with Crippen molar-refractivity contribution in [2.24, 2.45) is 0 Å². The zero-order valence-corrected chi connectivity index (χ0v) is 45.0. The number of aryl methyl sites for hydroxylation is 7. The van der Waals surface area contributed by atoms with Gasteiger partial charge in [-0.3, -0.25) is 29.9 Å².